The van der Waals surface area contributed by atoms with E-state index >= 15 is 0 Å². The van der Waals surface area contributed by atoms with Crippen LogP contribution in [0.25, 0.3) is 0 Å². The Kier molecular flexibility index (Phi) is 3.10. The van der Waals surface area contributed by atoms with E-state index in [1.54, 1.807) is 49.4 Å². The molecule has 0 atom stereocenters. The molecule has 0 saturated heterocycles. The molecule has 0 radical (unpaired) electrons. The summed E-state index contributed by atoms with van der Waals surface area (Å²) in [7, 11) is 0. The van der Waals surface area contributed by atoms with Crippen molar-refractivity contribution in [2.45, 2.75) is 6.92 Å². The Bertz CT molecular complexity index is 532. The van der Waals surface area contributed by atoms with Crippen LogP contribution in [0.4, 0.5) is 0 Å². The first-order chi connectivity index (χ1) is 8.18. The number of aryl methyl sites for hydroxylation is 1. The van der Waals surface area contributed by atoms with Crippen LogP contribution >= 0.6 is 0 Å². The van der Waals surface area contributed by atoms with Gasteiger partial charge in [-0.15, -0.1) is 0 Å². The fourth-order valence-corrected chi connectivity index (χ4v) is 1.45. The Morgan fingerprint density at radius 2 is 1.76 bits per heavy atom. The molecule has 0 aliphatic heterocycles. The van der Waals surface area contributed by atoms with Crippen molar-refractivity contribution in [3.63, 3.8) is 0 Å². The van der Waals surface area contributed by atoms with Crippen LogP contribution in [-0.2, 0) is 0 Å². The van der Waals surface area contributed by atoms with Crippen molar-refractivity contribution in [2.75, 3.05) is 0 Å². The minimum atomic E-state index is -0.480. The molecule has 86 valence electrons. The van der Waals surface area contributed by atoms with Crippen LogP contribution in [0.15, 0.2) is 48.5 Å². The van der Waals surface area contributed by atoms with E-state index in [0.29, 0.717) is 11.1 Å². The number of carbonyl (C=O) groups is 1. The molecular formula is C14H12O3. The number of benzene rings is 2. The number of hydrogen-bond acceptors (Lipinski definition) is 3. The molecule has 0 unspecified atom stereocenters. The molecule has 0 aliphatic rings. The molecule has 0 aromatic heterocycles. The van der Waals surface area contributed by atoms with Crippen molar-refractivity contribution in [3.8, 4) is 11.5 Å². The Labute approximate surface area is 99.3 Å². The van der Waals surface area contributed by atoms with Crippen molar-refractivity contribution in [3.05, 3.63) is 59.7 Å². The van der Waals surface area contributed by atoms with Gasteiger partial charge in [0.05, 0.1) is 5.56 Å². The minimum absolute atomic E-state index is 0.00298. The summed E-state index contributed by atoms with van der Waals surface area (Å²) in [4.78, 5) is 11.7. The lowest BCUT2D eigenvalue weighted by molar-refractivity contribution is 0.0729. The van der Waals surface area contributed by atoms with Crippen molar-refractivity contribution in [1.29, 1.82) is 0 Å². The van der Waals surface area contributed by atoms with Gasteiger partial charge in [-0.2, -0.15) is 0 Å². The number of esters is 1. The summed E-state index contributed by atoms with van der Waals surface area (Å²) in [6.45, 7) is 1.75. The quantitative estimate of drug-likeness (QED) is 0.635. The Hall–Kier alpha value is -2.29. The normalized spacial score (nSPS) is 9.94. The molecule has 17 heavy (non-hydrogen) atoms. The lowest BCUT2D eigenvalue weighted by Gasteiger charge is -2.07. The van der Waals surface area contributed by atoms with Crippen LogP contribution in [-0.4, -0.2) is 11.1 Å². The number of hydrogen-bond donors (Lipinski definition) is 1. The fraction of sp³-hybridized carbons (Fsp3) is 0.0714. The van der Waals surface area contributed by atoms with Gasteiger partial charge < -0.3 is 9.84 Å². The Balaban J connectivity index is 2.22. The number of para-hydroxylation sites is 1. The monoisotopic (exact) mass is 228 g/mol. The smallest absolute Gasteiger partial charge is 0.343 e. The number of ether oxygens (including phenoxy) is 1. The number of phenols is 1. The van der Waals surface area contributed by atoms with Crippen LogP contribution < -0.4 is 4.74 Å². The van der Waals surface area contributed by atoms with Crippen LogP contribution in [0.3, 0.4) is 0 Å². The predicted octanol–water partition coefficient (Wildman–Crippen LogP) is 2.92. The van der Waals surface area contributed by atoms with E-state index in [-0.39, 0.29) is 11.5 Å². The van der Waals surface area contributed by atoms with Gasteiger partial charge in [0, 0.05) is 0 Å². The second-order valence-electron chi connectivity index (χ2n) is 3.68. The van der Waals surface area contributed by atoms with Gasteiger partial charge in [-0.1, -0.05) is 30.3 Å². The number of rotatable bonds is 2. The molecule has 0 amide bonds. The van der Waals surface area contributed by atoms with Crippen LogP contribution in [0, 0.1) is 6.92 Å². The first-order valence-electron chi connectivity index (χ1n) is 5.24. The fourth-order valence-electron chi connectivity index (χ4n) is 1.45. The SMILES string of the molecule is Cc1cccc(OC(=O)c2ccccc2)c1O. The lowest BCUT2D eigenvalue weighted by atomic mass is 10.2. The van der Waals surface area contributed by atoms with Crippen LogP contribution in [0.5, 0.6) is 11.5 Å². The molecule has 2 aromatic rings. The number of phenolic OH excluding ortho intramolecular Hbond substituents is 1. The molecule has 3 heteroatoms. The number of carbonyl (C=O) groups excluding carboxylic acids is 1. The summed E-state index contributed by atoms with van der Waals surface area (Å²) in [6, 6.07) is 13.7. The molecule has 2 rings (SSSR count). The van der Waals surface area contributed by atoms with Crippen LogP contribution in [0.1, 0.15) is 15.9 Å². The van der Waals surface area contributed by atoms with Gasteiger partial charge in [0.2, 0.25) is 0 Å². The largest absolute Gasteiger partial charge is 0.504 e. The standard InChI is InChI=1S/C14H12O3/c1-10-6-5-9-12(13(10)15)17-14(16)11-7-3-2-4-8-11/h2-9,15H,1H3. The first-order valence-corrected chi connectivity index (χ1v) is 5.24. The molecule has 3 nitrogen and oxygen atoms in total. The molecule has 0 bridgehead atoms. The summed E-state index contributed by atoms with van der Waals surface area (Å²) in [6.07, 6.45) is 0. The van der Waals surface area contributed by atoms with Crippen molar-refractivity contribution >= 4 is 5.97 Å². The van der Waals surface area contributed by atoms with Gasteiger partial charge in [0.15, 0.2) is 11.5 Å². The molecule has 1 N–H and O–H groups in total. The Morgan fingerprint density at radius 3 is 2.47 bits per heavy atom. The van der Waals surface area contributed by atoms with E-state index < -0.39 is 5.97 Å². The first kappa shape index (κ1) is 11.2. The van der Waals surface area contributed by atoms with E-state index in [0.717, 1.165) is 0 Å². The highest BCUT2D eigenvalue weighted by Crippen LogP contribution is 2.29. The third kappa shape index (κ3) is 2.45. The predicted molar refractivity (Wildman–Crippen MR) is 64.2 cm³/mol. The summed E-state index contributed by atoms with van der Waals surface area (Å²) >= 11 is 0. The van der Waals surface area contributed by atoms with E-state index in [1.165, 1.54) is 0 Å². The average molecular weight is 228 g/mol. The van der Waals surface area contributed by atoms with Crippen molar-refractivity contribution in [1.82, 2.24) is 0 Å². The van der Waals surface area contributed by atoms with Crippen molar-refractivity contribution in [2.24, 2.45) is 0 Å². The van der Waals surface area contributed by atoms with Gasteiger partial charge in [0.25, 0.3) is 0 Å². The van der Waals surface area contributed by atoms with Gasteiger partial charge in [-0.25, -0.2) is 4.79 Å². The maximum Gasteiger partial charge on any atom is 0.343 e. The maximum atomic E-state index is 11.7. The van der Waals surface area contributed by atoms with Crippen molar-refractivity contribution < 1.29 is 14.6 Å². The second-order valence-corrected chi connectivity index (χ2v) is 3.68. The van der Waals surface area contributed by atoms with E-state index in [1.807, 2.05) is 6.07 Å². The molecule has 0 fully saturated rings. The van der Waals surface area contributed by atoms with Gasteiger partial charge >= 0.3 is 5.97 Å². The Morgan fingerprint density at radius 1 is 1.06 bits per heavy atom. The zero-order valence-electron chi connectivity index (χ0n) is 9.38. The summed E-state index contributed by atoms with van der Waals surface area (Å²) in [5.41, 5.74) is 1.12. The molecule has 0 saturated carbocycles. The third-order valence-corrected chi connectivity index (χ3v) is 2.41. The molecular weight excluding hydrogens is 216 g/mol. The highest BCUT2D eigenvalue weighted by molar-refractivity contribution is 5.91. The summed E-state index contributed by atoms with van der Waals surface area (Å²) < 4.78 is 5.12. The highest BCUT2D eigenvalue weighted by Gasteiger charge is 2.11. The topological polar surface area (TPSA) is 46.5 Å². The zero-order chi connectivity index (χ0) is 12.3. The zero-order valence-corrected chi connectivity index (χ0v) is 9.38. The molecule has 2 aromatic carbocycles. The minimum Gasteiger partial charge on any atom is -0.504 e. The van der Waals surface area contributed by atoms with E-state index in [9.17, 15) is 9.90 Å². The molecule has 0 aliphatic carbocycles. The van der Waals surface area contributed by atoms with E-state index in [4.69, 9.17) is 4.74 Å². The maximum absolute atomic E-state index is 11.7. The molecule has 0 heterocycles. The second kappa shape index (κ2) is 4.70. The van der Waals surface area contributed by atoms with E-state index in [2.05, 4.69) is 0 Å². The summed E-state index contributed by atoms with van der Waals surface area (Å²) in [5, 5.41) is 9.72. The highest BCUT2D eigenvalue weighted by atomic mass is 16.5. The van der Waals surface area contributed by atoms with Crippen LogP contribution in [0.2, 0.25) is 0 Å². The molecule has 0 spiro atoms. The third-order valence-electron chi connectivity index (χ3n) is 2.41. The van der Waals surface area contributed by atoms with Gasteiger partial charge in [-0.05, 0) is 30.7 Å². The van der Waals surface area contributed by atoms with Gasteiger partial charge in [0.1, 0.15) is 0 Å². The summed E-state index contributed by atoms with van der Waals surface area (Å²) in [5.74, 6) is -0.304. The van der Waals surface area contributed by atoms with Gasteiger partial charge in [-0.3, -0.25) is 0 Å². The lowest BCUT2D eigenvalue weighted by Crippen LogP contribution is -2.08. The number of aromatic hydroxyl groups is 1. The average Bonchev–Trinajstić information content (AvgIpc) is 2.36.